The molecule has 0 saturated heterocycles. The van der Waals surface area contributed by atoms with Crippen molar-refractivity contribution in [3.8, 4) is 0 Å². The molecular formula is C4H8ClN3. The van der Waals surface area contributed by atoms with E-state index in [1.165, 1.54) is 5.12 Å². The van der Waals surface area contributed by atoms with Gasteiger partial charge in [0.15, 0.2) is 0 Å². The Balaban J connectivity index is 0.000000490. The molecular weight excluding hydrogens is 126 g/mol. The van der Waals surface area contributed by atoms with E-state index in [-0.39, 0.29) is 12.4 Å². The SMILES string of the molecule is Cl.NN1C=CC=CN1. The lowest BCUT2D eigenvalue weighted by Crippen LogP contribution is -2.36. The topological polar surface area (TPSA) is 41.3 Å². The highest BCUT2D eigenvalue weighted by Gasteiger charge is 1.83. The highest BCUT2D eigenvalue weighted by molar-refractivity contribution is 5.85. The number of allylic oxidation sites excluding steroid dienone is 2. The number of hydrogen-bond acceptors (Lipinski definition) is 3. The highest BCUT2D eigenvalue weighted by atomic mass is 35.5. The average Bonchev–Trinajstić information content (AvgIpc) is 1.69. The third-order valence-electron chi connectivity index (χ3n) is 0.678. The maximum absolute atomic E-state index is 5.22. The summed E-state index contributed by atoms with van der Waals surface area (Å²) < 4.78 is 0. The van der Waals surface area contributed by atoms with Crippen LogP contribution in [0.2, 0.25) is 0 Å². The fourth-order valence-electron chi connectivity index (χ4n) is 0.370. The first-order valence-electron chi connectivity index (χ1n) is 2.03. The molecule has 1 aliphatic rings. The predicted octanol–water partition coefficient (Wildman–Crippen LogP) is 0.130. The number of halogens is 1. The van der Waals surface area contributed by atoms with Gasteiger partial charge in [-0.15, -0.1) is 12.4 Å². The molecule has 3 nitrogen and oxygen atoms in total. The number of hydrazine groups is 2. The smallest absolute Gasteiger partial charge is 0.0393 e. The lowest BCUT2D eigenvalue weighted by Gasteiger charge is -2.13. The maximum atomic E-state index is 5.22. The van der Waals surface area contributed by atoms with Crippen molar-refractivity contribution in [1.29, 1.82) is 0 Å². The molecule has 8 heavy (non-hydrogen) atoms. The molecule has 0 aromatic rings. The molecule has 0 amide bonds. The van der Waals surface area contributed by atoms with Gasteiger partial charge < -0.3 is 0 Å². The lowest BCUT2D eigenvalue weighted by molar-refractivity contribution is 0.325. The molecule has 0 aromatic carbocycles. The summed E-state index contributed by atoms with van der Waals surface area (Å²) in [4.78, 5) is 0. The van der Waals surface area contributed by atoms with Gasteiger partial charge in [0.25, 0.3) is 0 Å². The molecule has 0 spiro atoms. The van der Waals surface area contributed by atoms with E-state index >= 15 is 0 Å². The second-order valence-corrected chi connectivity index (χ2v) is 1.24. The Morgan fingerprint density at radius 1 is 1.38 bits per heavy atom. The van der Waals surface area contributed by atoms with Crippen molar-refractivity contribution in [2.24, 2.45) is 5.84 Å². The second kappa shape index (κ2) is 3.35. The molecule has 0 radical (unpaired) electrons. The van der Waals surface area contributed by atoms with Gasteiger partial charge in [0.2, 0.25) is 0 Å². The van der Waals surface area contributed by atoms with E-state index in [2.05, 4.69) is 5.43 Å². The van der Waals surface area contributed by atoms with Crippen LogP contribution in [0.25, 0.3) is 0 Å². The Morgan fingerprint density at radius 3 is 2.38 bits per heavy atom. The fourth-order valence-corrected chi connectivity index (χ4v) is 0.370. The van der Waals surface area contributed by atoms with Gasteiger partial charge in [-0.25, -0.2) is 11.0 Å². The van der Waals surface area contributed by atoms with Gasteiger partial charge in [0.1, 0.15) is 0 Å². The van der Waals surface area contributed by atoms with Crippen molar-refractivity contribution < 1.29 is 0 Å². The average molecular weight is 134 g/mol. The van der Waals surface area contributed by atoms with Gasteiger partial charge in [-0.2, -0.15) is 0 Å². The minimum Gasteiger partial charge on any atom is -0.292 e. The molecule has 0 aromatic heterocycles. The first-order valence-corrected chi connectivity index (χ1v) is 2.03. The summed E-state index contributed by atoms with van der Waals surface area (Å²) >= 11 is 0. The van der Waals surface area contributed by atoms with E-state index in [0.717, 1.165) is 0 Å². The third-order valence-corrected chi connectivity index (χ3v) is 0.678. The van der Waals surface area contributed by atoms with E-state index in [1.54, 1.807) is 12.4 Å². The van der Waals surface area contributed by atoms with Gasteiger partial charge in [-0.1, -0.05) is 0 Å². The zero-order valence-electron chi connectivity index (χ0n) is 4.24. The zero-order valence-corrected chi connectivity index (χ0v) is 5.06. The van der Waals surface area contributed by atoms with Crippen LogP contribution in [0.5, 0.6) is 0 Å². The molecule has 0 fully saturated rings. The van der Waals surface area contributed by atoms with Crippen LogP contribution in [-0.4, -0.2) is 5.12 Å². The summed E-state index contributed by atoms with van der Waals surface area (Å²) in [7, 11) is 0. The van der Waals surface area contributed by atoms with Crippen LogP contribution in [0.1, 0.15) is 0 Å². The van der Waals surface area contributed by atoms with Gasteiger partial charge in [-0.3, -0.25) is 5.43 Å². The van der Waals surface area contributed by atoms with Crippen molar-refractivity contribution >= 4 is 12.4 Å². The second-order valence-electron chi connectivity index (χ2n) is 1.24. The van der Waals surface area contributed by atoms with E-state index < -0.39 is 0 Å². The van der Waals surface area contributed by atoms with Crippen LogP contribution in [-0.2, 0) is 0 Å². The summed E-state index contributed by atoms with van der Waals surface area (Å²) in [5, 5.41) is 1.38. The number of hydrogen-bond donors (Lipinski definition) is 2. The molecule has 1 heterocycles. The summed E-state index contributed by atoms with van der Waals surface area (Å²) in [6, 6.07) is 0. The molecule has 3 N–H and O–H groups in total. The molecule has 0 unspecified atom stereocenters. The van der Waals surface area contributed by atoms with Crippen molar-refractivity contribution in [1.82, 2.24) is 10.5 Å². The Kier molecular flexibility index (Phi) is 3.07. The quantitative estimate of drug-likeness (QED) is 0.462. The van der Waals surface area contributed by atoms with Crippen LogP contribution in [0.15, 0.2) is 24.6 Å². The zero-order chi connectivity index (χ0) is 5.11. The first kappa shape index (κ1) is 7.33. The number of rotatable bonds is 0. The van der Waals surface area contributed by atoms with Crippen molar-refractivity contribution in [2.75, 3.05) is 0 Å². The van der Waals surface area contributed by atoms with Crippen LogP contribution in [0.3, 0.4) is 0 Å². The fraction of sp³-hybridized carbons (Fsp3) is 0. The number of nitrogens with one attached hydrogen (secondary N) is 1. The van der Waals surface area contributed by atoms with Gasteiger partial charge in [-0.05, 0) is 12.2 Å². The maximum Gasteiger partial charge on any atom is 0.0393 e. The largest absolute Gasteiger partial charge is 0.292 e. The molecule has 0 bridgehead atoms. The lowest BCUT2D eigenvalue weighted by atomic mass is 10.5. The molecule has 0 atom stereocenters. The van der Waals surface area contributed by atoms with Crippen LogP contribution >= 0.6 is 12.4 Å². The Hall–Kier alpha value is -0.670. The van der Waals surface area contributed by atoms with E-state index in [9.17, 15) is 0 Å². The molecule has 0 aliphatic carbocycles. The standard InChI is InChI=1S/C4H7N3.ClH/c5-7-4-2-1-3-6-7;/h1-4,6H,5H2;1H. The van der Waals surface area contributed by atoms with E-state index in [4.69, 9.17) is 5.84 Å². The first-order chi connectivity index (χ1) is 3.39. The van der Waals surface area contributed by atoms with Gasteiger partial charge >= 0.3 is 0 Å². The van der Waals surface area contributed by atoms with Crippen LogP contribution < -0.4 is 11.3 Å². The molecule has 1 rings (SSSR count). The highest BCUT2D eigenvalue weighted by Crippen LogP contribution is 1.82. The third kappa shape index (κ3) is 1.86. The normalized spacial score (nSPS) is 14.9. The summed E-state index contributed by atoms with van der Waals surface area (Å²) in [6.07, 6.45) is 7.18. The van der Waals surface area contributed by atoms with Crippen molar-refractivity contribution in [3.05, 3.63) is 24.6 Å². The predicted molar refractivity (Wildman–Crippen MR) is 34.7 cm³/mol. The Bertz CT molecular complexity index is 110. The molecule has 0 saturated carbocycles. The Morgan fingerprint density at radius 2 is 2.12 bits per heavy atom. The van der Waals surface area contributed by atoms with E-state index in [0.29, 0.717) is 0 Å². The molecule has 46 valence electrons. The minimum absolute atomic E-state index is 0. The van der Waals surface area contributed by atoms with Crippen molar-refractivity contribution in [2.45, 2.75) is 0 Å². The van der Waals surface area contributed by atoms with Gasteiger partial charge in [0.05, 0.1) is 0 Å². The number of nitrogens with two attached hydrogens (primary N) is 1. The summed E-state index contributed by atoms with van der Waals surface area (Å²) in [5.41, 5.74) is 2.73. The van der Waals surface area contributed by atoms with Crippen molar-refractivity contribution in [3.63, 3.8) is 0 Å². The minimum atomic E-state index is 0. The molecule has 1 aliphatic heterocycles. The summed E-state index contributed by atoms with van der Waals surface area (Å²) in [6.45, 7) is 0. The molecule has 4 heteroatoms. The monoisotopic (exact) mass is 133 g/mol. The summed E-state index contributed by atoms with van der Waals surface area (Å²) in [5.74, 6) is 5.22. The van der Waals surface area contributed by atoms with E-state index in [1.807, 2.05) is 12.2 Å². The van der Waals surface area contributed by atoms with Gasteiger partial charge in [0, 0.05) is 12.4 Å². The number of nitrogens with zero attached hydrogens (tertiary/aromatic N) is 1. The Labute approximate surface area is 54.2 Å². The van der Waals surface area contributed by atoms with Crippen LogP contribution in [0, 0.1) is 0 Å². The van der Waals surface area contributed by atoms with Crippen LogP contribution in [0.4, 0.5) is 0 Å².